The average Bonchev–Trinajstić information content (AvgIpc) is 2.86. The van der Waals surface area contributed by atoms with Gasteiger partial charge in [-0.3, -0.25) is 9.59 Å². The number of carbonyl (C=O) groups excluding carboxylic acids is 2. The highest BCUT2D eigenvalue weighted by Gasteiger charge is 2.35. The van der Waals surface area contributed by atoms with E-state index in [1.54, 1.807) is 35.2 Å². The van der Waals surface area contributed by atoms with Crippen molar-refractivity contribution < 1.29 is 22.7 Å². The highest BCUT2D eigenvalue weighted by molar-refractivity contribution is 7.89. The van der Waals surface area contributed by atoms with Gasteiger partial charge in [-0.25, -0.2) is 8.42 Å². The Bertz CT molecular complexity index is 1220. The number of para-hydroxylation sites is 1. The summed E-state index contributed by atoms with van der Waals surface area (Å²) in [5, 5.41) is 0. The molecule has 5 rings (SSSR count). The van der Waals surface area contributed by atoms with Crippen molar-refractivity contribution in [3.8, 4) is 5.75 Å². The second-order valence-corrected chi connectivity index (χ2v) is 10.8. The maximum Gasteiger partial charge on any atom is 0.257 e. The van der Waals surface area contributed by atoms with E-state index in [4.69, 9.17) is 4.74 Å². The standard InChI is InChI=1S/C25H29N3O5S/c1-2-33-22-8-4-3-7-21(22)25(30)26-12-14-27(15-13-26)34(31,32)20-16-18-6-5-11-28-23(29)10-9-19(17-20)24(18)28/h3-4,7-8,16-17H,2,5-6,9-15H2,1H3. The van der Waals surface area contributed by atoms with E-state index in [0.29, 0.717) is 55.3 Å². The lowest BCUT2D eigenvalue weighted by Gasteiger charge is -2.37. The van der Waals surface area contributed by atoms with Gasteiger partial charge in [0.05, 0.1) is 22.8 Å². The van der Waals surface area contributed by atoms with Crippen LogP contribution in [0.2, 0.25) is 0 Å². The first-order valence-electron chi connectivity index (χ1n) is 11.9. The van der Waals surface area contributed by atoms with E-state index in [0.717, 1.165) is 29.7 Å². The molecule has 34 heavy (non-hydrogen) atoms. The van der Waals surface area contributed by atoms with E-state index >= 15 is 0 Å². The largest absolute Gasteiger partial charge is 0.493 e. The Morgan fingerprint density at radius 2 is 1.68 bits per heavy atom. The molecule has 1 saturated heterocycles. The zero-order chi connectivity index (χ0) is 23.9. The summed E-state index contributed by atoms with van der Waals surface area (Å²) in [6, 6.07) is 10.6. The van der Waals surface area contributed by atoms with E-state index in [1.165, 1.54) is 4.31 Å². The summed E-state index contributed by atoms with van der Waals surface area (Å²) in [4.78, 5) is 29.2. The Hall–Kier alpha value is -2.91. The first kappa shape index (κ1) is 22.9. The fraction of sp³-hybridized carbons (Fsp3) is 0.440. The lowest BCUT2D eigenvalue weighted by Crippen LogP contribution is -2.50. The summed E-state index contributed by atoms with van der Waals surface area (Å²) in [5.74, 6) is 0.514. The number of amides is 2. The minimum Gasteiger partial charge on any atom is -0.493 e. The van der Waals surface area contributed by atoms with Gasteiger partial charge in [-0.2, -0.15) is 4.31 Å². The van der Waals surface area contributed by atoms with E-state index in [1.807, 2.05) is 17.9 Å². The maximum absolute atomic E-state index is 13.5. The molecule has 0 saturated carbocycles. The van der Waals surface area contributed by atoms with Crippen LogP contribution in [0.5, 0.6) is 5.75 Å². The molecule has 3 aliphatic rings. The van der Waals surface area contributed by atoms with Gasteiger partial charge in [0.1, 0.15) is 5.75 Å². The zero-order valence-corrected chi connectivity index (χ0v) is 20.1. The van der Waals surface area contributed by atoms with Gasteiger partial charge < -0.3 is 14.5 Å². The molecule has 0 atom stereocenters. The molecule has 0 bridgehead atoms. The third-order valence-electron chi connectivity index (χ3n) is 6.83. The van der Waals surface area contributed by atoms with E-state index in [2.05, 4.69) is 0 Å². The van der Waals surface area contributed by atoms with Crippen LogP contribution in [0.4, 0.5) is 5.69 Å². The van der Waals surface area contributed by atoms with Gasteiger partial charge in [0.25, 0.3) is 5.91 Å². The van der Waals surface area contributed by atoms with Gasteiger partial charge in [0.15, 0.2) is 0 Å². The zero-order valence-electron chi connectivity index (χ0n) is 19.3. The Morgan fingerprint density at radius 3 is 2.41 bits per heavy atom. The second kappa shape index (κ2) is 9.03. The molecule has 0 radical (unpaired) electrons. The van der Waals surface area contributed by atoms with Crippen LogP contribution in [0.15, 0.2) is 41.3 Å². The summed E-state index contributed by atoms with van der Waals surface area (Å²) in [6.07, 6.45) is 2.60. The smallest absolute Gasteiger partial charge is 0.257 e. The number of hydrogen-bond donors (Lipinski definition) is 0. The minimum atomic E-state index is -3.70. The molecule has 0 N–H and O–H groups in total. The quantitative estimate of drug-likeness (QED) is 0.652. The first-order chi connectivity index (χ1) is 16.4. The highest BCUT2D eigenvalue weighted by Crippen LogP contribution is 2.38. The number of nitrogens with zero attached hydrogens (tertiary/aromatic N) is 3. The third-order valence-corrected chi connectivity index (χ3v) is 8.71. The van der Waals surface area contributed by atoms with Crippen molar-refractivity contribution in [2.45, 2.75) is 37.5 Å². The lowest BCUT2D eigenvalue weighted by molar-refractivity contribution is -0.119. The maximum atomic E-state index is 13.5. The normalized spacial score (nSPS) is 18.6. The fourth-order valence-corrected chi connectivity index (χ4v) is 6.67. The fourth-order valence-electron chi connectivity index (χ4n) is 5.15. The van der Waals surface area contributed by atoms with Crippen LogP contribution in [0, 0.1) is 0 Å². The molecule has 2 aromatic carbocycles. The Balaban J connectivity index is 1.34. The molecule has 1 fully saturated rings. The molecular formula is C25H29N3O5S. The van der Waals surface area contributed by atoms with E-state index < -0.39 is 10.0 Å². The van der Waals surface area contributed by atoms with Gasteiger partial charge in [0.2, 0.25) is 15.9 Å². The first-order valence-corrected chi connectivity index (χ1v) is 13.3. The molecule has 0 aliphatic carbocycles. The molecule has 0 spiro atoms. The van der Waals surface area contributed by atoms with Crippen molar-refractivity contribution in [3.63, 3.8) is 0 Å². The van der Waals surface area contributed by atoms with Crippen molar-refractivity contribution in [1.29, 1.82) is 0 Å². The van der Waals surface area contributed by atoms with Crippen LogP contribution in [0.3, 0.4) is 0 Å². The molecule has 2 amide bonds. The van der Waals surface area contributed by atoms with Crippen LogP contribution in [-0.2, 0) is 27.7 Å². The molecular weight excluding hydrogens is 454 g/mol. The Kier molecular flexibility index (Phi) is 6.07. The lowest BCUT2D eigenvalue weighted by atomic mass is 9.92. The van der Waals surface area contributed by atoms with Gasteiger partial charge in [-0.05, 0) is 61.6 Å². The third kappa shape index (κ3) is 3.96. The number of piperazine rings is 1. The molecule has 180 valence electrons. The molecule has 9 heteroatoms. The number of benzene rings is 2. The Morgan fingerprint density at radius 1 is 0.971 bits per heavy atom. The number of sulfonamides is 1. The predicted octanol–water partition coefficient (Wildman–Crippen LogP) is 2.46. The number of anilines is 1. The van der Waals surface area contributed by atoms with Crippen molar-refractivity contribution in [2.75, 3.05) is 44.2 Å². The molecule has 8 nitrogen and oxygen atoms in total. The number of hydrogen-bond acceptors (Lipinski definition) is 5. The topological polar surface area (TPSA) is 87.2 Å². The minimum absolute atomic E-state index is 0.121. The highest BCUT2D eigenvalue weighted by atomic mass is 32.2. The molecule has 3 heterocycles. The van der Waals surface area contributed by atoms with Crippen LogP contribution < -0.4 is 9.64 Å². The summed E-state index contributed by atoms with van der Waals surface area (Å²) in [6.45, 7) is 4.15. The van der Waals surface area contributed by atoms with Gasteiger partial charge in [-0.15, -0.1) is 0 Å². The summed E-state index contributed by atoms with van der Waals surface area (Å²) >= 11 is 0. The van der Waals surface area contributed by atoms with Crippen molar-refractivity contribution in [3.05, 3.63) is 53.1 Å². The number of rotatable bonds is 5. The van der Waals surface area contributed by atoms with Gasteiger partial charge >= 0.3 is 0 Å². The van der Waals surface area contributed by atoms with Crippen molar-refractivity contribution in [2.24, 2.45) is 0 Å². The number of aryl methyl sites for hydroxylation is 2. The molecule has 0 unspecified atom stereocenters. The summed E-state index contributed by atoms with van der Waals surface area (Å²) in [5.41, 5.74) is 3.30. The monoisotopic (exact) mass is 483 g/mol. The predicted molar refractivity (Wildman–Crippen MR) is 128 cm³/mol. The van der Waals surface area contributed by atoms with Crippen molar-refractivity contribution >= 4 is 27.5 Å². The molecule has 2 aromatic rings. The van der Waals surface area contributed by atoms with Gasteiger partial charge in [0, 0.05) is 39.1 Å². The number of ether oxygens (including phenoxy) is 1. The SMILES string of the molecule is CCOc1ccccc1C(=O)N1CCN(S(=O)(=O)c2cc3c4c(c2)CCC(=O)N4CCC3)CC1. The van der Waals surface area contributed by atoms with Crippen LogP contribution >= 0.6 is 0 Å². The van der Waals surface area contributed by atoms with Crippen molar-refractivity contribution in [1.82, 2.24) is 9.21 Å². The average molecular weight is 484 g/mol. The van der Waals surface area contributed by atoms with Crippen LogP contribution in [-0.4, -0.2) is 68.8 Å². The summed E-state index contributed by atoms with van der Waals surface area (Å²) in [7, 11) is -3.70. The summed E-state index contributed by atoms with van der Waals surface area (Å²) < 4.78 is 34.1. The molecule has 0 aromatic heterocycles. The van der Waals surface area contributed by atoms with E-state index in [9.17, 15) is 18.0 Å². The number of carbonyl (C=O) groups is 2. The Labute approximate surface area is 200 Å². The van der Waals surface area contributed by atoms with Gasteiger partial charge in [-0.1, -0.05) is 12.1 Å². The van der Waals surface area contributed by atoms with Crippen LogP contribution in [0.1, 0.15) is 41.3 Å². The second-order valence-electron chi connectivity index (χ2n) is 8.86. The molecule has 3 aliphatic heterocycles. The van der Waals surface area contributed by atoms with E-state index in [-0.39, 0.29) is 24.9 Å². The van der Waals surface area contributed by atoms with Crippen LogP contribution in [0.25, 0.3) is 0 Å².